The molecule has 1 saturated heterocycles. The van der Waals surface area contributed by atoms with Gasteiger partial charge in [-0.2, -0.15) is 0 Å². The van der Waals surface area contributed by atoms with E-state index in [9.17, 15) is 4.79 Å². The van der Waals surface area contributed by atoms with Crippen molar-refractivity contribution in [1.82, 2.24) is 19.4 Å². The van der Waals surface area contributed by atoms with Crippen molar-refractivity contribution in [3.8, 4) is 0 Å². The van der Waals surface area contributed by atoms with Gasteiger partial charge in [0.15, 0.2) is 0 Å². The number of nitrogens with zero attached hydrogens (tertiary/aromatic N) is 4. The van der Waals surface area contributed by atoms with Crippen LogP contribution in [0.5, 0.6) is 0 Å². The fourth-order valence-electron chi connectivity index (χ4n) is 3.80. The highest BCUT2D eigenvalue weighted by Gasteiger charge is 2.23. The van der Waals surface area contributed by atoms with Crippen molar-refractivity contribution in [1.29, 1.82) is 0 Å². The molecule has 1 amide bonds. The molecule has 2 aromatic rings. The van der Waals surface area contributed by atoms with E-state index in [4.69, 9.17) is 11.6 Å². The molecule has 4 rings (SSSR count). The van der Waals surface area contributed by atoms with Gasteiger partial charge in [0.25, 0.3) is 5.91 Å². The molecule has 1 aromatic heterocycles. The average Bonchev–Trinajstić information content (AvgIpc) is 3.20. The molecule has 6 heteroatoms. The molecule has 0 unspecified atom stereocenters. The molecule has 1 aromatic carbocycles. The molecule has 2 aliphatic heterocycles. The van der Waals surface area contributed by atoms with E-state index in [1.54, 1.807) is 12.1 Å². The Labute approximate surface area is 153 Å². The molecule has 0 atom stereocenters. The number of imidazole rings is 1. The van der Waals surface area contributed by atoms with Crippen molar-refractivity contribution in [2.45, 2.75) is 32.4 Å². The molecule has 0 saturated carbocycles. The predicted octanol–water partition coefficient (Wildman–Crippen LogP) is 2.83. The Bertz CT molecular complexity index is 767. The second kappa shape index (κ2) is 7.18. The van der Waals surface area contributed by atoms with E-state index < -0.39 is 0 Å². The molecule has 1 fully saturated rings. The summed E-state index contributed by atoms with van der Waals surface area (Å²) >= 11 is 6.03. The first-order chi connectivity index (χ1) is 12.2. The third kappa shape index (κ3) is 3.58. The number of fused-ring (bicyclic) bond motifs is 1. The molecule has 25 heavy (non-hydrogen) atoms. The Kier molecular flexibility index (Phi) is 4.77. The molecule has 0 spiro atoms. The molecule has 5 nitrogen and oxygen atoms in total. The van der Waals surface area contributed by atoms with E-state index in [1.807, 2.05) is 23.2 Å². The smallest absolute Gasteiger partial charge is 0.253 e. The van der Waals surface area contributed by atoms with Crippen LogP contribution in [0.3, 0.4) is 0 Å². The third-order valence-corrected chi connectivity index (χ3v) is 5.40. The van der Waals surface area contributed by atoms with Crippen LogP contribution in [-0.4, -0.2) is 51.4 Å². The van der Waals surface area contributed by atoms with Gasteiger partial charge >= 0.3 is 0 Å². The summed E-state index contributed by atoms with van der Waals surface area (Å²) in [5.41, 5.74) is 1.93. The minimum atomic E-state index is 0.0503. The summed E-state index contributed by atoms with van der Waals surface area (Å²) in [7, 11) is 0. The van der Waals surface area contributed by atoms with Gasteiger partial charge in [-0.3, -0.25) is 9.69 Å². The van der Waals surface area contributed by atoms with E-state index in [0.717, 1.165) is 25.3 Å². The average molecular weight is 359 g/mol. The summed E-state index contributed by atoms with van der Waals surface area (Å²) in [4.78, 5) is 21.8. The van der Waals surface area contributed by atoms with Crippen LogP contribution in [0.4, 0.5) is 0 Å². The van der Waals surface area contributed by atoms with Crippen LogP contribution < -0.4 is 0 Å². The Hall–Kier alpha value is -1.85. The number of aromatic nitrogens is 2. The van der Waals surface area contributed by atoms with Crippen LogP contribution in [0, 0.1) is 0 Å². The highest BCUT2D eigenvalue weighted by Crippen LogP contribution is 2.18. The summed E-state index contributed by atoms with van der Waals surface area (Å²) in [6, 6.07) is 7.19. The summed E-state index contributed by atoms with van der Waals surface area (Å²) < 4.78 is 2.31. The second-order valence-electron chi connectivity index (χ2n) is 6.85. The Morgan fingerprint density at radius 1 is 1.12 bits per heavy atom. The lowest BCUT2D eigenvalue weighted by molar-refractivity contribution is 0.0758. The number of rotatable bonds is 3. The number of halogens is 1. The molecular weight excluding hydrogens is 336 g/mol. The number of hydrogen-bond donors (Lipinski definition) is 0. The van der Waals surface area contributed by atoms with E-state index in [1.165, 1.54) is 31.6 Å². The second-order valence-corrected chi connectivity index (χ2v) is 7.29. The molecule has 0 bridgehead atoms. The van der Waals surface area contributed by atoms with E-state index in [2.05, 4.69) is 14.5 Å². The van der Waals surface area contributed by atoms with Crippen molar-refractivity contribution in [3.05, 3.63) is 52.6 Å². The highest BCUT2D eigenvalue weighted by atomic mass is 35.5. The maximum atomic E-state index is 12.8. The van der Waals surface area contributed by atoms with Gasteiger partial charge in [-0.05, 0) is 44.1 Å². The molecule has 3 heterocycles. The van der Waals surface area contributed by atoms with Gasteiger partial charge in [-0.15, -0.1) is 0 Å². The molecule has 0 N–H and O–H groups in total. The van der Waals surface area contributed by atoms with Gasteiger partial charge in [0, 0.05) is 49.4 Å². The first-order valence-corrected chi connectivity index (χ1v) is 9.39. The van der Waals surface area contributed by atoms with Gasteiger partial charge < -0.3 is 9.47 Å². The molecule has 0 radical (unpaired) electrons. The predicted molar refractivity (Wildman–Crippen MR) is 97.8 cm³/mol. The number of amides is 1. The van der Waals surface area contributed by atoms with Crippen molar-refractivity contribution >= 4 is 17.5 Å². The molecular formula is C19H23ClN4O. The maximum absolute atomic E-state index is 12.8. The third-order valence-electron chi connectivity index (χ3n) is 5.16. The van der Waals surface area contributed by atoms with Crippen LogP contribution >= 0.6 is 11.6 Å². The minimum Gasteiger partial charge on any atom is -0.336 e. The van der Waals surface area contributed by atoms with Gasteiger partial charge in [0.05, 0.1) is 5.69 Å². The normalized spacial score (nSPS) is 18.2. The standard InChI is InChI=1S/C19H23ClN4O/c20-16-5-3-4-15(12-16)19(25)23-9-6-18-21-13-17(24(18)11-10-23)14-22-7-1-2-8-22/h3-5,12-13H,1-2,6-11,14H2. The van der Waals surface area contributed by atoms with Crippen LogP contribution in [-0.2, 0) is 19.5 Å². The van der Waals surface area contributed by atoms with Crippen molar-refractivity contribution < 1.29 is 4.79 Å². The highest BCUT2D eigenvalue weighted by molar-refractivity contribution is 6.30. The number of carbonyl (C=O) groups is 1. The number of carbonyl (C=O) groups excluding carboxylic acids is 1. The van der Waals surface area contributed by atoms with E-state index >= 15 is 0 Å². The van der Waals surface area contributed by atoms with Crippen molar-refractivity contribution in [2.24, 2.45) is 0 Å². The summed E-state index contributed by atoms with van der Waals surface area (Å²) in [5.74, 6) is 1.14. The molecule has 132 valence electrons. The minimum absolute atomic E-state index is 0.0503. The summed E-state index contributed by atoms with van der Waals surface area (Å²) in [6.07, 6.45) is 5.40. The fraction of sp³-hybridized carbons (Fsp3) is 0.474. The largest absolute Gasteiger partial charge is 0.336 e. The number of hydrogen-bond acceptors (Lipinski definition) is 3. The van der Waals surface area contributed by atoms with Gasteiger partial charge in [0.2, 0.25) is 0 Å². The maximum Gasteiger partial charge on any atom is 0.253 e. The quantitative estimate of drug-likeness (QED) is 0.847. The van der Waals surface area contributed by atoms with Crippen LogP contribution in [0.25, 0.3) is 0 Å². The molecule has 2 aliphatic rings. The monoisotopic (exact) mass is 358 g/mol. The lowest BCUT2D eigenvalue weighted by Crippen LogP contribution is -2.33. The van der Waals surface area contributed by atoms with E-state index in [0.29, 0.717) is 23.7 Å². The Balaban J connectivity index is 1.46. The van der Waals surface area contributed by atoms with Gasteiger partial charge in [-0.25, -0.2) is 4.98 Å². The van der Waals surface area contributed by atoms with Crippen LogP contribution in [0.2, 0.25) is 5.02 Å². The van der Waals surface area contributed by atoms with Gasteiger partial charge in [0.1, 0.15) is 5.82 Å². The zero-order valence-electron chi connectivity index (χ0n) is 14.3. The summed E-state index contributed by atoms with van der Waals surface area (Å²) in [5, 5.41) is 0.599. The van der Waals surface area contributed by atoms with Crippen molar-refractivity contribution in [3.63, 3.8) is 0 Å². The first-order valence-electron chi connectivity index (χ1n) is 9.01. The van der Waals surface area contributed by atoms with Crippen molar-refractivity contribution in [2.75, 3.05) is 26.2 Å². The first kappa shape index (κ1) is 16.6. The fourth-order valence-corrected chi connectivity index (χ4v) is 3.99. The van der Waals surface area contributed by atoms with Gasteiger partial charge in [-0.1, -0.05) is 17.7 Å². The van der Waals surface area contributed by atoms with Crippen LogP contribution in [0.15, 0.2) is 30.5 Å². The summed E-state index contributed by atoms with van der Waals surface area (Å²) in [6.45, 7) is 5.55. The van der Waals surface area contributed by atoms with E-state index in [-0.39, 0.29) is 5.91 Å². The Morgan fingerprint density at radius 2 is 1.96 bits per heavy atom. The molecule has 0 aliphatic carbocycles. The zero-order valence-corrected chi connectivity index (χ0v) is 15.1. The Morgan fingerprint density at radius 3 is 2.76 bits per heavy atom. The number of benzene rings is 1. The number of likely N-dealkylation sites (tertiary alicyclic amines) is 1. The van der Waals surface area contributed by atoms with Crippen LogP contribution in [0.1, 0.15) is 34.7 Å². The lowest BCUT2D eigenvalue weighted by Gasteiger charge is -2.21. The zero-order chi connectivity index (χ0) is 17.2. The SMILES string of the molecule is O=C(c1cccc(Cl)c1)N1CCc2ncc(CN3CCCC3)n2CC1. The topological polar surface area (TPSA) is 41.4 Å². The lowest BCUT2D eigenvalue weighted by atomic mass is 10.2.